The quantitative estimate of drug-likeness (QED) is 0.612. The lowest BCUT2D eigenvalue weighted by Gasteiger charge is -2.05. The molecule has 0 spiro atoms. The van der Waals surface area contributed by atoms with Crippen molar-refractivity contribution in [1.82, 2.24) is 4.98 Å². The Hall–Kier alpha value is -2.32. The molecule has 0 unspecified atom stereocenters. The Kier molecular flexibility index (Phi) is 3.51. The standard InChI is InChI=1S/C8H6F2N2O5/c9-8(10)4-1-5(12(16)17)7(15)3(11-4)2-6(13)14/h1,8,15H,2H2,(H,13,14). The molecular formula is C8H6F2N2O5. The third kappa shape index (κ3) is 2.83. The van der Waals surface area contributed by atoms with Crippen molar-refractivity contribution < 1.29 is 28.7 Å². The number of alkyl halides is 2. The van der Waals surface area contributed by atoms with Crippen molar-refractivity contribution >= 4 is 11.7 Å². The zero-order chi connectivity index (χ0) is 13.2. The smallest absolute Gasteiger partial charge is 0.314 e. The fraction of sp³-hybridized carbons (Fsp3) is 0.250. The summed E-state index contributed by atoms with van der Waals surface area (Å²) in [6.07, 6.45) is -3.98. The van der Waals surface area contributed by atoms with Gasteiger partial charge in [-0.1, -0.05) is 0 Å². The van der Waals surface area contributed by atoms with Crippen LogP contribution in [0.1, 0.15) is 17.8 Å². The number of pyridine rings is 1. The van der Waals surface area contributed by atoms with Gasteiger partial charge in [0.25, 0.3) is 6.43 Å². The number of carboxylic acids is 1. The topological polar surface area (TPSA) is 114 Å². The van der Waals surface area contributed by atoms with E-state index in [9.17, 15) is 28.8 Å². The number of hydrogen-bond donors (Lipinski definition) is 2. The minimum Gasteiger partial charge on any atom is -0.501 e. The van der Waals surface area contributed by atoms with E-state index in [1.807, 2.05) is 0 Å². The van der Waals surface area contributed by atoms with Crippen LogP contribution in [-0.4, -0.2) is 26.1 Å². The first-order chi connectivity index (χ1) is 7.82. The van der Waals surface area contributed by atoms with E-state index in [-0.39, 0.29) is 0 Å². The first-order valence-corrected chi connectivity index (χ1v) is 4.20. The maximum atomic E-state index is 12.3. The second kappa shape index (κ2) is 4.68. The van der Waals surface area contributed by atoms with E-state index >= 15 is 0 Å². The summed E-state index contributed by atoms with van der Waals surface area (Å²) >= 11 is 0. The summed E-state index contributed by atoms with van der Waals surface area (Å²) in [5.41, 5.74) is -2.61. The molecule has 0 fully saturated rings. The first kappa shape index (κ1) is 12.7. The number of hydrogen-bond acceptors (Lipinski definition) is 5. The monoisotopic (exact) mass is 248 g/mol. The Morgan fingerprint density at radius 3 is 2.59 bits per heavy atom. The van der Waals surface area contributed by atoms with Crippen molar-refractivity contribution in [1.29, 1.82) is 0 Å². The molecule has 9 heteroatoms. The molecule has 0 radical (unpaired) electrons. The lowest BCUT2D eigenvalue weighted by Crippen LogP contribution is -2.06. The van der Waals surface area contributed by atoms with E-state index in [4.69, 9.17) is 5.11 Å². The Balaban J connectivity index is 3.37. The molecule has 1 rings (SSSR count). The predicted molar refractivity (Wildman–Crippen MR) is 48.9 cm³/mol. The van der Waals surface area contributed by atoms with Crippen LogP contribution in [0.15, 0.2) is 6.07 Å². The second-order valence-electron chi connectivity index (χ2n) is 2.99. The molecule has 92 valence electrons. The third-order valence-electron chi connectivity index (χ3n) is 1.80. The highest BCUT2D eigenvalue weighted by Crippen LogP contribution is 2.32. The Labute approximate surface area is 92.5 Å². The highest BCUT2D eigenvalue weighted by molar-refractivity contribution is 5.71. The normalized spacial score (nSPS) is 10.5. The number of aliphatic carboxylic acids is 1. The van der Waals surface area contributed by atoms with Crippen LogP contribution in [-0.2, 0) is 11.2 Å². The van der Waals surface area contributed by atoms with Crippen molar-refractivity contribution in [3.8, 4) is 5.75 Å². The maximum Gasteiger partial charge on any atom is 0.314 e. The van der Waals surface area contributed by atoms with Gasteiger partial charge in [0.15, 0.2) is 0 Å². The summed E-state index contributed by atoms with van der Waals surface area (Å²) in [6.45, 7) is 0. The van der Waals surface area contributed by atoms with E-state index in [1.54, 1.807) is 0 Å². The number of carboxylic acid groups (broad SMARTS) is 1. The van der Waals surface area contributed by atoms with Crippen LogP contribution in [0.4, 0.5) is 14.5 Å². The van der Waals surface area contributed by atoms with Gasteiger partial charge >= 0.3 is 11.7 Å². The van der Waals surface area contributed by atoms with Crippen LogP contribution in [0.5, 0.6) is 5.75 Å². The zero-order valence-electron chi connectivity index (χ0n) is 8.13. The van der Waals surface area contributed by atoms with Gasteiger partial charge < -0.3 is 10.2 Å². The van der Waals surface area contributed by atoms with Gasteiger partial charge in [0, 0.05) is 6.07 Å². The molecule has 1 heterocycles. The number of halogens is 2. The molecule has 17 heavy (non-hydrogen) atoms. The molecule has 7 nitrogen and oxygen atoms in total. The van der Waals surface area contributed by atoms with Crippen molar-refractivity contribution in [2.75, 3.05) is 0 Å². The van der Waals surface area contributed by atoms with E-state index in [2.05, 4.69) is 4.98 Å². The molecular weight excluding hydrogens is 242 g/mol. The molecule has 1 aromatic heterocycles. The van der Waals surface area contributed by atoms with Crippen LogP contribution in [0.3, 0.4) is 0 Å². The number of aromatic nitrogens is 1. The van der Waals surface area contributed by atoms with Crippen LogP contribution in [0.25, 0.3) is 0 Å². The van der Waals surface area contributed by atoms with Gasteiger partial charge in [-0.3, -0.25) is 14.9 Å². The fourth-order valence-corrected chi connectivity index (χ4v) is 1.11. The summed E-state index contributed by atoms with van der Waals surface area (Å²) in [4.78, 5) is 22.9. The average molecular weight is 248 g/mol. The lowest BCUT2D eigenvalue weighted by molar-refractivity contribution is -0.386. The van der Waals surface area contributed by atoms with Gasteiger partial charge in [-0.25, -0.2) is 13.8 Å². The maximum absolute atomic E-state index is 12.3. The number of aromatic hydroxyl groups is 1. The highest BCUT2D eigenvalue weighted by Gasteiger charge is 2.24. The largest absolute Gasteiger partial charge is 0.501 e. The van der Waals surface area contributed by atoms with Gasteiger partial charge in [0.1, 0.15) is 11.4 Å². The summed E-state index contributed by atoms with van der Waals surface area (Å²) in [5, 5.41) is 28.2. The van der Waals surface area contributed by atoms with Crippen molar-refractivity contribution in [3.63, 3.8) is 0 Å². The number of nitro groups is 1. The summed E-state index contributed by atoms with van der Waals surface area (Å²) in [7, 11) is 0. The lowest BCUT2D eigenvalue weighted by atomic mass is 10.2. The molecule has 0 aliphatic heterocycles. The zero-order valence-corrected chi connectivity index (χ0v) is 8.13. The van der Waals surface area contributed by atoms with E-state index in [1.165, 1.54) is 0 Å². The van der Waals surface area contributed by atoms with Crippen LogP contribution < -0.4 is 0 Å². The Bertz CT molecular complexity index is 477. The molecule has 0 amide bonds. The minimum atomic E-state index is -3.10. The molecule has 0 bridgehead atoms. The third-order valence-corrected chi connectivity index (χ3v) is 1.80. The molecule has 0 aromatic carbocycles. The Morgan fingerprint density at radius 1 is 1.59 bits per heavy atom. The molecule has 0 saturated heterocycles. The molecule has 2 N–H and O–H groups in total. The highest BCUT2D eigenvalue weighted by atomic mass is 19.3. The van der Waals surface area contributed by atoms with Gasteiger partial charge in [-0.05, 0) is 0 Å². The summed E-state index contributed by atoms with van der Waals surface area (Å²) < 4.78 is 24.7. The van der Waals surface area contributed by atoms with Crippen molar-refractivity contribution in [2.45, 2.75) is 12.8 Å². The van der Waals surface area contributed by atoms with Crippen molar-refractivity contribution in [2.24, 2.45) is 0 Å². The van der Waals surface area contributed by atoms with Crippen LogP contribution in [0, 0.1) is 10.1 Å². The van der Waals surface area contributed by atoms with Crippen LogP contribution in [0.2, 0.25) is 0 Å². The number of carbonyl (C=O) groups is 1. The van der Waals surface area contributed by atoms with E-state index in [0.717, 1.165) is 0 Å². The molecule has 0 aliphatic rings. The number of nitrogens with zero attached hydrogens (tertiary/aromatic N) is 2. The molecule has 0 saturated carbocycles. The molecule has 0 atom stereocenters. The number of rotatable bonds is 4. The average Bonchev–Trinajstić information content (AvgIpc) is 2.19. The van der Waals surface area contributed by atoms with Gasteiger partial charge in [-0.15, -0.1) is 0 Å². The van der Waals surface area contributed by atoms with Gasteiger partial charge in [0.2, 0.25) is 5.75 Å². The van der Waals surface area contributed by atoms with E-state index in [0.29, 0.717) is 6.07 Å². The second-order valence-corrected chi connectivity index (χ2v) is 2.99. The van der Waals surface area contributed by atoms with Gasteiger partial charge in [-0.2, -0.15) is 0 Å². The first-order valence-electron chi connectivity index (χ1n) is 4.20. The molecule has 0 aliphatic carbocycles. The summed E-state index contributed by atoms with van der Waals surface area (Å²) in [5.74, 6) is -2.46. The Morgan fingerprint density at radius 2 is 2.18 bits per heavy atom. The van der Waals surface area contributed by atoms with Crippen molar-refractivity contribution in [3.05, 3.63) is 27.6 Å². The van der Waals surface area contributed by atoms with Crippen LogP contribution >= 0.6 is 0 Å². The fourth-order valence-electron chi connectivity index (χ4n) is 1.11. The predicted octanol–water partition coefficient (Wildman–Crippen LogP) is 1.26. The minimum absolute atomic E-state index is 0.408. The van der Waals surface area contributed by atoms with Gasteiger partial charge in [0.05, 0.1) is 11.3 Å². The molecule has 1 aromatic rings. The van der Waals surface area contributed by atoms with E-state index < -0.39 is 46.6 Å². The SMILES string of the molecule is O=C(O)Cc1nc(C(F)F)cc([N+](=O)[O-])c1O. The summed E-state index contributed by atoms with van der Waals surface area (Å²) in [6, 6.07) is 0.408.